The average Bonchev–Trinajstić information content (AvgIpc) is 2.15. The molecule has 7 heteroatoms. The van der Waals surface area contributed by atoms with Crippen molar-refractivity contribution in [2.75, 3.05) is 0 Å². The van der Waals surface area contributed by atoms with E-state index < -0.39 is 24.6 Å². The van der Waals surface area contributed by atoms with Crippen LogP contribution in [-0.2, 0) is 0 Å². The van der Waals surface area contributed by atoms with Gasteiger partial charge >= 0.3 is 6.36 Å². The van der Waals surface area contributed by atoms with Gasteiger partial charge in [-0.1, -0.05) is 18.2 Å². The minimum Gasteiger partial charge on any atom is -0.405 e. The number of halogens is 5. The zero-order chi connectivity index (χ0) is 12.3. The Hall–Kier alpha value is -1.37. The highest BCUT2D eigenvalue weighted by atomic mass is 19.4. The summed E-state index contributed by atoms with van der Waals surface area (Å²) in [5.41, 5.74) is 4.68. The van der Waals surface area contributed by atoms with Gasteiger partial charge < -0.3 is 10.5 Å². The Bertz CT molecular complexity index is 352. The van der Waals surface area contributed by atoms with Crippen molar-refractivity contribution in [3.63, 3.8) is 0 Å². The number of nitrogens with two attached hydrogens (primary N) is 1. The molecule has 16 heavy (non-hydrogen) atoms. The lowest BCUT2D eigenvalue weighted by atomic mass is 10.1. The van der Waals surface area contributed by atoms with Gasteiger partial charge in [-0.3, -0.25) is 0 Å². The molecule has 0 radical (unpaired) electrons. The van der Waals surface area contributed by atoms with Crippen molar-refractivity contribution in [2.45, 2.75) is 18.8 Å². The van der Waals surface area contributed by atoms with E-state index >= 15 is 0 Å². The van der Waals surface area contributed by atoms with Gasteiger partial charge in [0.15, 0.2) is 0 Å². The molecule has 0 saturated carbocycles. The lowest BCUT2D eigenvalue weighted by Gasteiger charge is -2.17. The van der Waals surface area contributed by atoms with Crippen molar-refractivity contribution >= 4 is 0 Å². The molecule has 90 valence electrons. The maximum absolute atomic E-state index is 12.3. The highest BCUT2D eigenvalue weighted by Crippen LogP contribution is 2.31. The van der Waals surface area contributed by atoms with Gasteiger partial charge in [0.25, 0.3) is 6.43 Å². The highest BCUT2D eigenvalue weighted by Gasteiger charge is 2.33. The summed E-state index contributed by atoms with van der Waals surface area (Å²) in [6.07, 6.45) is -7.89. The van der Waals surface area contributed by atoms with Gasteiger partial charge in [-0.2, -0.15) is 0 Å². The fourth-order valence-electron chi connectivity index (χ4n) is 1.11. The molecule has 0 aliphatic heterocycles. The number of hydrogen-bond acceptors (Lipinski definition) is 2. The van der Waals surface area contributed by atoms with E-state index in [1.165, 1.54) is 12.1 Å². The molecule has 0 amide bonds. The Balaban J connectivity index is 3.01. The summed E-state index contributed by atoms with van der Waals surface area (Å²) in [6, 6.07) is 2.74. The summed E-state index contributed by atoms with van der Waals surface area (Å²) in [4.78, 5) is 0. The SMILES string of the molecule is NC(c1ccccc1OC(F)(F)F)C(F)F. The second kappa shape index (κ2) is 4.65. The molecule has 0 aliphatic carbocycles. The molecular formula is C9H8F5NO. The van der Waals surface area contributed by atoms with E-state index in [0.29, 0.717) is 0 Å². The summed E-state index contributed by atoms with van der Waals surface area (Å²) >= 11 is 0. The Labute approximate surface area is 87.8 Å². The third kappa shape index (κ3) is 3.34. The normalized spacial score (nSPS) is 13.9. The summed E-state index contributed by atoms with van der Waals surface area (Å²) in [5, 5.41) is 0. The van der Waals surface area contributed by atoms with Gasteiger partial charge in [-0.25, -0.2) is 8.78 Å². The van der Waals surface area contributed by atoms with Crippen LogP contribution in [0, 0.1) is 0 Å². The lowest BCUT2D eigenvalue weighted by molar-refractivity contribution is -0.275. The van der Waals surface area contributed by atoms with Crippen LogP contribution in [0.3, 0.4) is 0 Å². The van der Waals surface area contributed by atoms with Gasteiger partial charge in [0, 0.05) is 5.56 Å². The Morgan fingerprint density at radius 2 is 1.69 bits per heavy atom. The predicted molar refractivity (Wildman–Crippen MR) is 46.1 cm³/mol. The molecule has 0 saturated heterocycles. The maximum atomic E-state index is 12.3. The zero-order valence-corrected chi connectivity index (χ0v) is 7.84. The van der Waals surface area contributed by atoms with E-state index in [4.69, 9.17) is 5.73 Å². The molecule has 1 atom stereocenters. The molecule has 0 spiro atoms. The van der Waals surface area contributed by atoms with E-state index in [-0.39, 0.29) is 5.56 Å². The topological polar surface area (TPSA) is 35.2 Å². The number of alkyl halides is 5. The Morgan fingerprint density at radius 1 is 1.12 bits per heavy atom. The Morgan fingerprint density at radius 3 is 2.19 bits per heavy atom. The van der Waals surface area contributed by atoms with E-state index in [9.17, 15) is 22.0 Å². The van der Waals surface area contributed by atoms with E-state index in [1.807, 2.05) is 0 Å². The number of ether oxygens (including phenoxy) is 1. The first-order chi connectivity index (χ1) is 7.31. The molecule has 0 aliphatic rings. The summed E-state index contributed by atoms with van der Waals surface area (Å²) in [7, 11) is 0. The van der Waals surface area contributed by atoms with Crippen LogP contribution >= 0.6 is 0 Å². The molecule has 1 aromatic carbocycles. The highest BCUT2D eigenvalue weighted by molar-refractivity contribution is 5.36. The first-order valence-corrected chi connectivity index (χ1v) is 4.19. The number of para-hydroxylation sites is 1. The molecule has 0 aromatic heterocycles. The van der Waals surface area contributed by atoms with Crippen LogP contribution in [0.2, 0.25) is 0 Å². The minimum absolute atomic E-state index is 0.380. The van der Waals surface area contributed by atoms with Crippen molar-refractivity contribution < 1.29 is 26.7 Å². The van der Waals surface area contributed by atoms with Crippen molar-refractivity contribution in [3.05, 3.63) is 29.8 Å². The predicted octanol–water partition coefficient (Wildman–Crippen LogP) is 2.85. The van der Waals surface area contributed by atoms with Crippen molar-refractivity contribution in [1.82, 2.24) is 0 Å². The van der Waals surface area contributed by atoms with Crippen molar-refractivity contribution in [1.29, 1.82) is 0 Å². The third-order valence-corrected chi connectivity index (χ3v) is 1.78. The van der Waals surface area contributed by atoms with Crippen LogP contribution in [0.1, 0.15) is 11.6 Å². The fourth-order valence-corrected chi connectivity index (χ4v) is 1.11. The summed E-state index contributed by atoms with van der Waals surface area (Å²) < 4.78 is 63.9. The van der Waals surface area contributed by atoms with Gasteiger partial charge in [-0.15, -0.1) is 13.2 Å². The van der Waals surface area contributed by atoms with Crippen LogP contribution in [-0.4, -0.2) is 12.8 Å². The molecule has 2 N–H and O–H groups in total. The van der Waals surface area contributed by atoms with Gasteiger partial charge in [0.1, 0.15) is 5.75 Å². The third-order valence-electron chi connectivity index (χ3n) is 1.78. The van der Waals surface area contributed by atoms with Crippen LogP contribution in [0.5, 0.6) is 5.75 Å². The molecule has 0 fully saturated rings. The second-order valence-corrected chi connectivity index (χ2v) is 2.95. The molecule has 1 rings (SSSR count). The largest absolute Gasteiger partial charge is 0.573 e. The smallest absolute Gasteiger partial charge is 0.405 e. The van der Waals surface area contributed by atoms with Crippen molar-refractivity contribution in [3.8, 4) is 5.75 Å². The number of rotatable bonds is 3. The van der Waals surface area contributed by atoms with Crippen molar-refractivity contribution in [2.24, 2.45) is 5.73 Å². The molecule has 0 bridgehead atoms. The minimum atomic E-state index is -4.93. The first-order valence-electron chi connectivity index (χ1n) is 4.19. The molecule has 1 unspecified atom stereocenters. The van der Waals surface area contributed by atoms with Crippen LogP contribution in [0.25, 0.3) is 0 Å². The molecule has 0 heterocycles. The van der Waals surface area contributed by atoms with E-state index in [2.05, 4.69) is 4.74 Å². The van der Waals surface area contributed by atoms with Crippen LogP contribution in [0.4, 0.5) is 22.0 Å². The van der Waals surface area contributed by atoms with Gasteiger partial charge in [-0.05, 0) is 6.07 Å². The van der Waals surface area contributed by atoms with E-state index in [0.717, 1.165) is 12.1 Å². The quantitative estimate of drug-likeness (QED) is 0.826. The molecule has 2 nitrogen and oxygen atoms in total. The lowest BCUT2D eigenvalue weighted by Crippen LogP contribution is -2.23. The zero-order valence-electron chi connectivity index (χ0n) is 7.84. The molecule has 1 aromatic rings. The fraction of sp³-hybridized carbons (Fsp3) is 0.333. The van der Waals surface area contributed by atoms with E-state index in [1.54, 1.807) is 0 Å². The monoisotopic (exact) mass is 241 g/mol. The average molecular weight is 241 g/mol. The standard InChI is InChI=1S/C9H8F5NO/c10-8(11)7(15)5-3-1-2-4-6(5)16-9(12,13)14/h1-4,7-8H,15H2. The summed E-state index contributed by atoms with van der Waals surface area (Å²) in [6.45, 7) is 0. The Kier molecular flexibility index (Phi) is 3.69. The van der Waals surface area contributed by atoms with Gasteiger partial charge in [0.05, 0.1) is 6.04 Å². The molecular weight excluding hydrogens is 233 g/mol. The summed E-state index contributed by atoms with van der Waals surface area (Å²) in [5.74, 6) is -0.706. The second-order valence-electron chi connectivity index (χ2n) is 2.95. The van der Waals surface area contributed by atoms with Gasteiger partial charge in [0.2, 0.25) is 0 Å². The van der Waals surface area contributed by atoms with Crippen LogP contribution < -0.4 is 10.5 Å². The maximum Gasteiger partial charge on any atom is 0.573 e. The first kappa shape index (κ1) is 12.7. The number of hydrogen-bond donors (Lipinski definition) is 1. The van der Waals surface area contributed by atoms with Crippen LogP contribution in [0.15, 0.2) is 24.3 Å². The number of benzene rings is 1.